The highest BCUT2D eigenvalue weighted by Gasteiger charge is 2.19. The van der Waals surface area contributed by atoms with Crippen molar-refractivity contribution in [1.29, 1.82) is 0 Å². The number of hydrogen-bond acceptors (Lipinski definition) is 5. The summed E-state index contributed by atoms with van der Waals surface area (Å²) in [6, 6.07) is 2.89. The molecule has 5 nitrogen and oxygen atoms in total. The lowest BCUT2D eigenvalue weighted by Gasteiger charge is -2.13. The molecule has 0 fully saturated rings. The Hall–Kier alpha value is -1.66. The fraction of sp³-hybridized carbons (Fsp3) is 0.273. The van der Waals surface area contributed by atoms with Gasteiger partial charge in [-0.25, -0.2) is 4.98 Å². The summed E-state index contributed by atoms with van der Waals surface area (Å²) in [4.78, 5) is 16.5. The maximum Gasteiger partial charge on any atom is 0.263 e. The largest absolute Gasteiger partial charge is 0.467 e. The summed E-state index contributed by atoms with van der Waals surface area (Å²) >= 11 is 1.27. The normalized spacial score (nSPS) is 12.4. The van der Waals surface area contributed by atoms with Gasteiger partial charge in [-0.3, -0.25) is 4.79 Å². The van der Waals surface area contributed by atoms with Crippen molar-refractivity contribution in [2.24, 2.45) is 0 Å². The molecule has 0 aliphatic heterocycles. The number of aryl methyl sites for hydroxylation is 1. The fourth-order valence-electron chi connectivity index (χ4n) is 1.44. The number of amides is 1. The number of nitrogens with one attached hydrogen (secondary N) is 1. The molecule has 0 bridgehead atoms. The summed E-state index contributed by atoms with van der Waals surface area (Å²) in [6.07, 6.45) is 1.50. The number of rotatable bonds is 4. The molecule has 17 heavy (non-hydrogen) atoms. The van der Waals surface area contributed by atoms with Crippen LogP contribution in [0.25, 0.3) is 0 Å². The topological polar surface area (TPSA) is 75.4 Å². The Balaban J connectivity index is 2.10. The number of carbonyl (C=O) groups excluding carboxylic acids is 1. The maximum atomic E-state index is 11.9. The molecule has 2 aromatic rings. The van der Waals surface area contributed by atoms with E-state index in [2.05, 4.69) is 10.3 Å². The molecule has 90 valence electrons. The van der Waals surface area contributed by atoms with Crippen LogP contribution in [0.3, 0.4) is 0 Å². The van der Waals surface area contributed by atoms with Crippen molar-refractivity contribution in [1.82, 2.24) is 10.3 Å². The lowest BCUT2D eigenvalue weighted by Crippen LogP contribution is -2.30. The van der Waals surface area contributed by atoms with Gasteiger partial charge in [-0.2, -0.15) is 0 Å². The van der Waals surface area contributed by atoms with E-state index in [1.165, 1.54) is 17.6 Å². The zero-order chi connectivity index (χ0) is 12.3. The molecular weight excluding hydrogens is 240 g/mol. The van der Waals surface area contributed by atoms with Gasteiger partial charge in [-0.15, -0.1) is 11.3 Å². The summed E-state index contributed by atoms with van der Waals surface area (Å²) in [5, 5.41) is 11.9. The molecule has 0 saturated heterocycles. The van der Waals surface area contributed by atoms with E-state index >= 15 is 0 Å². The number of carbonyl (C=O) groups is 1. The molecule has 0 aliphatic carbocycles. The number of aromatic nitrogens is 1. The van der Waals surface area contributed by atoms with Gasteiger partial charge >= 0.3 is 0 Å². The van der Waals surface area contributed by atoms with E-state index in [0.29, 0.717) is 16.3 Å². The van der Waals surface area contributed by atoms with Crippen molar-refractivity contribution < 1.29 is 14.3 Å². The van der Waals surface area contributed by atoms with Gasteiger partial charge in [0.1, 0.15) is 16.7 Å². The van der Waals surface area contributed by atoms with Crippen LogP contribution < -0.4 is 5.32 Å². The van der Waals surface area contributed by atoms with Gasteiger partial charge in [0.25, 0.3) is 5.91 Å². The van der Waals surface area contributed by atoms with Crippen molar-refractivity contribution in [3.8, 4) is 0 Å². The van der Waals surface area contributed by atoms with Crippen LogP contribution in [-0.2, 0) is 0 Å². The molecule has 6 heteroatoms. The smallest absolute Gasteiger partial charge is 0.263 e. The first kappa shape index (κ1) is 11.8. The van der Waals surface area contributed by atoms with Gasteiger partial charge < -0.3 is 14.8 Å². The molecule has 1 unspecified atom stereocenters. The Morgan fingerprint density at radius 2 is 2.53 bits per heavy atom. The Kier molecular flexibility index (Phi) is 3.55. The second kappa shape index (κ2) is 5.11. The molecule has 2 rings (SSSR count). The number of hydrogen-bond donors (Lipinski definition) is 2. The Bertz CT molecular complexity index is 493. The van der Waals surface area contributed by atoms with Crippen molar-refractivity contribution in [3.63, 3.8) is 0 Å². The number of furan rings is 1. The first-order valence-corrected chi connectivity index (χ1v) is 5.95. The second-order valence-electron chi connectivity index (χ2n) is 3.49. The minimum Gasteiger partial charge on any atom is -0.467 e. The first-order valence-electron chi connectivity index (χ1n) is 5.07. The van der Waals surface area contributed by atoms with Crippen LogP contribution in [0.1, 0.15) is 27.2 Å². The average molecular weight is 252 g/mol. The minimum atomic E-state index is -0.529. The first-order chi connectivity index (χ1) is 8.22. The van der Waals surface area contributed by atoms with Crippen LogP contribution in [-0.4, -0.2) is 22.6 Å². The van der Waals surface area contributed by atoms with Gasteiger partial charge in [-0.1, -0.05) is 0 Å². The third-order valence-electron chi connectivity index (χ3n) is 2.33. The maximum absolute atomic E-state index is 11.9. The van der Waals surface area contributed by atoms with Gasteiger partial charge in [0.05, 0.1) is 24.1 Å². The van der Waals surface area contributed by atoms with E-state index in [0.717, 1.165) is 0 Å². The highest BCUT2D eigenvalue weighted by molar-refractivity contribution is 7.11. The highest BCUT2D eigenvalue weighted by atomic mass is 32.1. The zero-order valence-electron chi connectivity index (χ0n) is 9.21. The molecule has 2 aromatic heterocycles. The summed E-state index contributed by atoms with van der Waals surface area (Å²) in [5.41, 5.74) is 2.30. The molecule has 2 heterocycles. The van der Waals surface area contributed by atoms with Crippen molar-refractivity contribution >= 4 is 17.2 Å². The third-order valence-corrected chi connectivity index (χ3v) is 3.25. The molecule has 1 atom stereocenters. The SMILES string of the molecule is Cc1ncsc1C(=O)NC(CO)c1ccco1. The lowest BCUT2D eigenvalue weighted by atomic mass is 10.2. The van der Waals surface area contributed by atoms with E-state index in [4.69, 9.17) is 4.42 Å². The van der Waals surface area contributed by atoms with E-state index in [1.807, 2.05) is 0 Å². The summed E-state index contributed by atoms with van der Waals surface area (Å²) in [6.45, 7) is 1.56. The standard InChI is InChI=1S/C11H12N2O3S/c1-7-10(17-6-12-7)11(15)13-8(5-14)9-3-2-4-16-9/h2-4,6,8,14H,5H2,1H3,(H,13,15). The van der Waals surface area contributed by atoms with Crippen LogP contribution >= 0.6 is 11.3 Å². The van der Waals surface area contributed by atoms with Crippen molar-refractivity contribution in [2.45, 2.75) is 13.0 Å². The molecule has 0 aromatic carbocycles. The van der Waals surface area contributed by atoms with Crippen LogP contribution in [0.5, 0.6) is 0 Å². The van der Waals surface area contributed by atoms with E-state index in [-0.39, 0.29) is 12.5 Å². The molecule has 2 N–H and O–H groups in total. The summed E-state index contributed by atoms with van der Waals surface area (Å²) in [5.74, 6) is 0.281. The molecular formula is C11H12N2O3S. The summed E-state index contributed by atoms with van der Waals surface area (Å²) < 4.78 is 5.15. The zero-order valence-corrected chi connectivity index (χ0v) is 10.0. The fourth-order valence-corrected chi connectivity index (χ4v) is 2.15. The number of nitrogens with zero attached hydrogens (tertiary/aromatic N) is 1. The van der Waals surface area contributed by atoms with Crippen LogP contribution in [0, 0.1) is 6.92 Å². The Morgan fingerprint density at radius 1 is 1.71 bits per heavy atom. The third kappa shape index (κ3) is 2.54. The minimum absolute atomic E-state index is 0.211. The lowest BCUT2D eigenvalue weighted by molar-refractivity contribution is 0.0910. The van der Waals surface area contributed by atoms with Gasteiger partial charge in [0.15, 0.2) is 0 Å². The second-order valence-corrected chi connectivity index (χ2v) is 4.35. The van der Waals surface area contributed by atoms with Crippen LogP contribution in [0.4, 0.5) is 0 Å². The molecule has 0 radical (unpaired) electrons. The number of thiazole rings is 1. The van der Waals surface area contributed by atoms with Crippen LogP contribution in [0.15, 0.2) is 28.3 Å². The Labute approximate surface area is 102 Å². The molecule has 0 aliphatic rings. The van der Waals surface area contributed by atoms with Gasteiger partial charge in [0, 0.05) is 0 Å². The van der Waals surface area contributed by atoms with E-state index < -0.39 is 6.04 Å². The average Bonchev–Trinajstić information content (AvgIpc) is 2.96. The number of aliphatic hydroxyl groups is 1. The van der Waals surface area contributed by atoms with Crippen molar-refractivity contribution in [3.05, 3.63) is 40.2 Å². The highest BCUT2D eigenvalue weighted by Crippen LogP contribution is 2.16. The van der Waals surface area contributed by atoms with Gasteiger partial charge in [-0.05, 0) is 19.1 Å². The van der Waals surface area contributed by atoms with Crippen molar-refractivity contribution in [2.75, 3.05) is 6.61 Å². The summed E-state index contributed by atoms with van der Waals surface area (Å²) in [7, 11) is 0. The monoisotopic (exact) mass is 252 g/mol. The van der Waals surface area contributed by atoms with Gasteiger partial charge in [0.2, 0.25) is 0 Å². The van der Waals surface area contributed by atoms with E-state index in [1.54, 1.807) is 24.6 Å². The quantitative estimate of drug-likeness (QED) is 0.864. The molecule has 0 saturated carbocycles. The Morgan fingerprint density at radius 3 is 3.06 bits per heavy atom. The van der Waals surface area contributed by atoms with E-state index in [9.17, 15) is 9.90 Å². The molecule has 1 amide bonds. The molecule has 0 spiro atoms. The van der Waals surface area contributed by atoms with Crippen LogP contribution in [0.2, 0.25) is 0 Å². The number of aliphatic hydroxyl groups excluding tert-OH is 1. The predicted molar refractivity (Wildman–Crippen MR) is 62.9 cm³/mol. The predicted octanol–water partition coefficient (Wildman–Crippen LogP) is 1.51.